The summed E-state index contributed by atoms with van der Waals surface area (Å²) in [6.07, 6.45) is 2.34. The average molecular weight is 348 g/mol. The number of carbonyl (C=O) groups is 1. The van der Waals surface area contributed by atoms with Gasteiger partial charge in [0.25, 0.3) is 6.09 Å². The van der Waals surface area contributed by atoms with E-state index in [-0.39, 0.29) is 10.3 Å². The number of carboxylic acid groups (broad SMARTS) is 1. The highest BCUT2D eigenvalue weighted by molar-refractivity contribution is 5.56. The lowest BCUT2D eigenvalue weighted by Crippen LogP contribution is -2.73. The molecule has 0 radical (unpaired) electrons. The summed E-state index contributed by atoms with van der Waals surface area (Å²) in [5, 5.41) is 12.4. The van der Waals surface area contributed by atoms with Crippen LogP contribution >= 0.6 is 0 Å². The zero-order chi connectivity index (χ0) is 19.0. The van der Waals surface area contributed by atoms with Gasteiger partial charge >= 0.3 is 0 Å². The summed E-state index contributed by atoms with van der Waals surface area (Å²) in [5.41, 5.74) is 7.03. The third-order valence-electron chi connectivity index (χ3n) is 5.76. The van der Waals surface area contributed by atoms with Gasteiger partial charge < -0.3 is 15.6 Å². The van der Waals surface area contributed by atoms with Crippen molar-refractivity contribution in [2.75, 3.05) is 6.54 Å². The Labute approximate surface area is 149 Å². The molecule has 1 heterocycles. The van der Waals surface area contributed by atoms with E-state index in [1.165, 1.54) is 12.1 Å². The number of halogens is 1. The Morgan fingerprint density at radius 3 is 2.64 bits per heavy atom. The van der Waals surface area contributed by atoms with Crippen molar-refractivity contribution in [2.24, 2.45) is 5.73 Å². The third-order valence-corrected chi connectivity index (χ3v) is 5.76. The molecule has 5 heteroatoms. The Balaban J connectivity index is 2.66. The molecular weight excluding hydrogens is 319 g/mol. The van der Waals surface area contributed by atoms with E-state index in [0.29, 0.717) is 25.8 Å². The molecule has 1 aliphatic heterocycles. The quantitative estimate of drug-likeness (QED) is 0.674. The van der Waals surface area contributed by atoms with Crippen molar-refractivity contribution < 1.29 is 18.8 Å². The maximum Gasteiger partial charge on any atom is 0.258 e. The number of hydrogen-bond donors (Lipinski definition) is 1. The molecule has 1 amide bonds. The van der Waals surface area contributed by atoms with Gasteiger partial charge in [-0.2, -0.15) is 0 Å². The molecule has 25 heavy (non-hydrogen) atoms. The molecular formula is C20H29FN2O2. The van der Waals surface area contributed by atoms with Crippen LogP contribution in [0.3, 0.4) is 0 Å². The van der Waals surface area contributed by atoms with Gasteiger partial charge in [-0.05, 0) is 57.9 Å². The van der Waals surface area contributed by atoms with Crippen LogP contribution in [-0.4, -0.2) is 28.2 Å². The Morgan fingerprint density at radius 1 is 1.52 bits per heavy atom. The number of quaternary nitrogens is 1. The lowest BCUT2D eigenvalue weighted by atomic mass is 9.75. The molecule has 0 aromatic heterocycles. The summed E-state index contributed by atoms with van der Waals surface area (Å²) in [5.74, 6) is -0.329. The number of benzene rings is 1. The molecule has 0 bridgehead atoms. The Bertz CT molecular complexity index is 683. The molecule has 0 spiro atoms. The number of nitrogens with two attached hydrogens (primary N) is 1. The molecule has 1 aliphatic rings. The highest BCUT2D eigenvalue weighted by Gasteiger charge is 2.55. The molecule has 2 N–H and O–H groups in total. The second kappa shape index (κ2) is 6.54. The van der Waals surface area contributed by atoms with Gasteiger partial charge in [0.05, 0.1) is 12.1 Å². The first-order valence-corrected chi connectivity index (χ1v) is 8.72. The number of hydrogen-bond acceptors (Lipinski definition) is 3. The number of carbonyl (C=O) groups excluding carboxylic acids is 1. The van der Waals surface area contributed by atoms with Crippen molar-refractivity contribution in [3.8, 4) is 0 Å². The predicted molar refractivity (Wildman–Crippen MR) is 95.1 cm³/mol. The summed E-state index contributed by atoms with van der Waals surface area (Å²) in [7, 11) is 0. The van der Waals surface area contributed by atoms with Gasteiger partial charge in [0, 0.05) is 23.9 Å². The molecule has 1 saturated heterocycles. The minimum atomic E-state index is -1.11. The SMILES string of the molecule is C=CC[C@@]1(N)CC[N+](C(=O)[O-])(C(C)(C)C)[C@@H](c2ccc(F)cc2C)C1. The molecule has 0 aliphatic carbocycles. The zero-order valence-electron chi connectivity index (χ0n) is 15.6. The normalized spacial score (nSPS) is 30.1. The van der Waals surface area contributed by atoms with Crippen LogP contribution in [-0.2, 0) is 0 Å². The van der Waals surface area contributed by atoms with Gasteiger partial charge in [-0.3, -0.25) is 4.48 Å². The van der Waals surface area contributed by atoms with Gasteiger partial charge in [-0.1, -0.05) is 6.08 Å². The molecule has 1 fully saturated rings. The van der Waals surface area contributed by atoms with Gasteiger partial charge in [0.15, 0.2) is 0 Å². The van der Waals surface area contributed by atoms with E-state index in [9.17, 15) is 14.3 Å². The summed E-state index contributed by atoms with van der Waals surface area (Å²) in [4.78, 5) is 12.4. The molecule has 2 rings (SSSR count). The molecule has 0 saturated carbocycles. The van der Waals surface area contributed by atoms with E-state index in [1.54, 1.807) is 12.1 Å². The zero-order valence-corrected chi connectivity index (χ0v) is 15.6. The van der Waals surface area contributed by atoms with E-state index >= 15 is 0 Å². The van der Waals surface area contributed by atoms with Crippen LogP contribution in [0.15, 0.2) is 30.9 Å². The Morgan fingerprint density at radius 2 is 2.16 bits per heavy atom. The van der Waals surface area contributed by atoms with Crippen molar-refractivity contribution in [3.05, 3.63) is 47.8 Å². The lowest BCUT2D eigenvalue weighted by molar-refractivity contribution is -0.952. The Kier molecular flexibility index (Phi) is 5.13. The number of piperidine rings is 1. The Hall–Kier alpha value is -1.72. The maximum atomic E-state index is 13.6. The van der Waals surface area contributed by atoms with E-state index in [2.05, 4.69) is 6.58 Å². The summed E-state index contributed by atoms with van der Waals surface area (Å²) in [6.45, 7) is 11.7. The fraction of sp³-hybridized carbons (Fsp3) is 0.550. The smallest absolute Gasteiger partial charge is 0.258 e. The standard InChI is InChI=1S/C20H29FN2O2/c1-6-9-20(22)10-11-23(18(24)25,19(3,4)5)17(13-20)16-8-7-15(21)12-14(16)2/h6-8,12,17H,1,9-11,13,22H2,2-5H3/t17-,20-,23?/m1/s1. The van der Waals surface area contributed by atoms with Gasteiger partial charge in [-0.25, -0.2) is 4.39 Å². The second-order valence-corrected chi connectivity index (χ2v) is 8.36. The highest BCUT2D eigenvalue weighted by atomic mass is 19.1. The molecule has 138 valence electrons. The van der Waals surface area contributed by atoms with Crippen molar-refractivity contribution in [1.29, 1.82) is 0 Å². The fourth-order valence-electron chi connectivity index (χ4n) is 4.33. The second-order valence-electron chi connectivity index (χ2n) is 8.36. The van der Waals surface area contributed by atoms with E-state index in [0.717, 1.165) is 11.1 Å². The van der Waals surface area contributed by atoms with Crippen LogP contribution < -0.4 is 10.8 Å². The minimum Gasteiger partial charge on any atom is -0.498 e. The number of likely N-dealkylation sites (tertiary alicyclic amines) is 1. The van der Waals surface area contributed by atoms with Gasteiger partial charge in [0.2, 0.25) is 0 Å². The van der Waals surface area contributed by atoms with Crippen molar-refractivity contribution in [3.63, 3.8) is 0 Å². The van der Waals surface area contributed by atoms with Crippen molar-refractivity contribution >= 4 is 6.09 Å². The topological polar surface area (TPSA) is 66.2 Å². The number of nitrogens with zero attached hydrogens (tertiary/aromatic N) is 1. The van der Waals surface area contributed by atoms with Crippen LogP contribution in [0.4, 0.5) is 9.18 Å². The molecule has 1 aromatic rings. The molecule has 1 aromatic carbocycles. The number of aryl methyl sites for hydroxylation is 1. The monoisotopic (exact) mass is 348 g/mol. The van der Waals surface area contributed by atoms with Crippen LogP contribution in [0.2, 0.25) is 0 Å². The summed E-state index contributed by atoms with van der Waals surface area (Å²) < 4.78 is 13.4. The van der Waals surface area contributed by atoms with Crippen molar-refractivity contribution in [2.45, 2.75) is 64.1 Å². The summed E-state index contributed by atoms with van der Waals surface area (Å²) in [6, 6.07) is 4.12. The first-order chi connectivity index (χ1) is 11.5. The average Bonchev–Trinajstić information content (AvgIpc) is 2.45. The molecule has 4 nitrogen and oxygen atoms in total. The van der Waals surface area contributed by atoms with E-state index in [4.69, 9.17) is 5.73 Å². The highest BCUT2D eigenvalue weighted by Crippen LogP contribution is 2.48. The van der Waals surface area contributed by atoms with E-state index in [1.807, 2.05) is 27.7 Å². The van der Waals surface area contributed by atoms with E-state index < -0.39 is 23.2 Å². The lowest BCUT2D eigenvalue weighted by Gasteiger charge is -2.58. The fourth-order valence-corrected chi connectivity index (χ4v) is 4.33. The van der Waals surface area contributed by atoms with Crippen molar-refractivity contribution in [1.82, 2.24) is 0 Å². The molecule has 3 atom stereocenters. The summed E-state index contributed by atoms with van der Waals surface area (Å²) >= 11 is 0. The predicted octanol–water partition coefficient (Wildman–Crippen LogP) is 3.20. The van der Waals surface area contributed by atoms with Gasteiger partial charge in [0.1, 0.15) is 11.9 Å². The number of rotatable bonds is 3. The minimum absolute atomic E-state index is 0.213. The van der Waals surface area contributed by atoms with Crippen LogP contribution in [0.25, 0.3) is 0 Å². The maximum absolute atomic E-state index is 13.6. The van der Waals surface area contributed by atoms with Crippen LogP contribution in [0, 0.1) is 12.7 Å². The first kappa shape index (κ1) is 19.6. The third kappa shape index (κ3) is 3.35. The van der Waals surface area contributed by atoms with Crippen LogP contribution in [0.1, 0.15) is 57.2 Å². The molecule has 1 unspecified atom stereocenters. The number of amides is 1. The first-order valence-electron chi connectivity index (χ1n) is 8.72. The van der Waals surface area contributed by atoms with Gasteiger partial charge in [-0.15, -0.1) is 6.58 Å². The largest absolute Gasteiger partial charge is 0.498 e. The van der Waals surface area contributed by atoms with Crippen LogP contribution in [0.5, 0.6) is 0 Å².